The lowest BCUT2D eigenvalue weighted by Gasteiger charge is -2.31. The van der Waals surface area contributed by atoms with Crippen molar-refractivity contribution in [2.75, 3.05) is 18.4 Å². The summed E-state index contributed by atoms with van der Waals surface area (Å²) in [5.74, 6) is 0.109. The second-order valence-corrected chi connectivity index (χ2v) is 10.9. The Morgan fingerprint density at radius 1 is 0.889 bits per heavy atom. The number of aryl methyl sites for hydroxylation is 3. The molecule has 1 N–H and O–H groups in total. The summed E-state index contributed by atoms with van der Waals surface area (Å²) in [4.78, 5) is 21.7. The minimum absolute atomic E-state index is 0.0210. The number of hydrogen-bond acceptors (Lipinski definition) is 4. The highest BCUT2D eigenvalue weighted by atomic mass is 32.1. The van der Waals surface area contributed by atoms with Crippen molar-refractivity contribution in [1.29, 1.82) is 0 Å². The number of rotatable bonds is 6. The van der Waals surface area contributed by atoms with Crippen molar-refractivity contribution in [2.45, 2.75) is 40.2 Å². The molecule has 0 unspecified atom stereocenters. The topological polar surface area (TPSA) is 45.2 Å². The average molecular weight is 496 g/mol. The summed E-state index contributed by atoms with van der Waals surface area (Å²) in [6.45, 7) is 9.17. The summed E-state index contributed by atoms with van der Waals surface area (Å²) < 4.78 is 0. The minimum atomic E-state index is 0.0210. The van der Waals surface area contributed by atoms with Gasteiger partial charge in [0.25, 0.3) is 0 Å². The van der Waals surface area contributed by atoms with Crippen molar-refractivity contribution in [3.05, 3.63) is 95.1 Å². The second kappa shape index (κ2) is 10.8. The van der Waals surface area contributed by atoms with E-state index in [1.54, 1.807) is 11.3 Å². The number of benzene rings is 3. The highest BCUT2D eigenvalue weighted by Gasteiger charge is 2.26. The van der Waals surface area contributed by atoms with Crippen molar-refractivity contribution in [3.63, 3.8) is 0 Å². The molecule has 36 heavy (non-hydrogen) atoms. The van der Waals surface area contributed by atoms with Gasteiger partial charge in [0.15, 0.2) is 5.13 Å². The zero-order valence-corrected chi connectivity index (χ0v) is 22.1. The number of aromatic nitrogens is 1. The minimum Gasteiger partial charge on any atom is -0.302 e. The molecule has 1 saturated heterocycles. The molecule has 0 atom stereocenters. The fourth-order valence-corrected chi connectivity index (χ4v) is 5.77. The summed E-state index contributed by atoms with van der Waals surface area (Å²) in [7, 11) is 0. The van der Waals surface area contributed by atoms with E-state index in [0.29, 0.717) is 5.13 Å². The van der Waals surface area contributed by atoms with Crippen LogP contribution in [0, 0.1) is 26.7 Å². The van der Waals surface area contributed by atoms with Gasteiger partial charge in [0.1, 0.15) is 0 Å². The van der Waals surface area contributed by atoms with Gasteiger partial charge in [0, 0.05) is 18.0 Å². The molecule has 1 fully saturated rings. The van der Waals surface area contributed by atoms with E-state index in [4.69, 9.17) is 4.98 Å². The van der Waals surface area contributed by atoms with Crippen LogP contribution in [-0.2, 0) is 11.3 Å². The summed E-state index contributed by atoms with van der Waals surface area (Å²) in [6.07, 6.45) is 1.75. The Labute approximate surface area is 218 Å². The van der Waals surface area contributed by atoms with Gasteiger partial charge >= 0.3 is 0 Å². The number of anilines is 1. The van der Waals surface area contributed by atoms with Crippen LogP contribution in [0.15, 0.2) is 72.8 Å². The molecule has 4 aromatic rings. The van der Waals surface area contributed by atoms with E-state index < -0.39 is 0 Å². The molecule has 0 bridgehead atoms. The van der Waals surface area contributed by atoms with Crippen LogP contribution >= 0.6 is 11.3 Å². The molecular weight excluding hydrogens is 462 g/mol. The Kier molecular flexibility index (Phi) is 7.30. The molecule has 2 heterocycles. The highest BCUT2D eigenvalue weighted by Crippen LogP contribution is 2.39. The maximum Gasteiger partial charge on any atom is 0.229 e. The number of piperidine rings is 1. The number of nitrogens with one attached hydrogen (secondary N) is 1. The van der Waals surface area contributed by atoms with Crippen molar-refractivity contribution in [2.24, 2.45) is 5.92 Å². The van der Waals surface area contributed by atoms with E-state index in [9.17, 15) is 4.79 Å². The van der Waals surface area contributed by atoms with E-state index in [0.717, 1.165) is 54.2 Å². The largest absolute Gasteiger partial charge is 0.302 e. The Bertz CT molecular complexity index is 1270. The van der Waals surface area contributed by atoms with Crippen molar-refractivity contribution in [3.8, 4) is 21.7 Å². The van der Waals surface area contributed by atoms with E-state index in [-0.39, 0.29) is 11.8 Å². The number of amides is 1. The molecule has 3 aromatic carbocycles. The first kappa shape index (κ1) is 24.4. The summed E-state index contributed by atoms with van der Waals surface area (Å²) in [6, 6.07) is 25.5. The smallest absolute Gasteiger partial charge is 0.229 e. The molecule has 1 amide bonds. The summed E-state index contributed by atoms with van der Waals surface area (Å²) in [5, 5.41) is 3.83. The molecule has 0 aliphatic carbocycles. The lowest BCUT2D eigenvalue weighted by Crippen LogP contribution is -2.37. The number of hydrogen-bond donors (Lipinski definition) is 1. The molecule has 4 nitrogen and oxygen atoms in total. The molecule has 5 rings (SSSR count). The normalized spacial score (nSPS) is 14.6. The van der Waals surface area contributed by atoms with Crippen molar-refractivity contribution in [1.82, 2.24) is 9.88 Å². The van der Waals surface area contributed by atoms with Crippen LogP contribution in [0.5, 0.6) is 0 Å². The van der Waals surface area contributed by atoms with Crippen LogP contribution in [-0.4, -0.2) is 28.9 Å². The van der Waals surface area contributed by atoms with E-state index >= 15 is 0 Å². The number of nitrogens with zero attached hydrogens (tertiary/aromatic N) is 2. The zero-order valence-electron chi connectivity index (χ0n) is 21.3. The van der Waals surface area contributed by atoms with E-state index in [2.05, 4.69) is 104 Å². The molecule has 5 heteroatoms. The third kappa shape index (κ3) is 5.58. The van der Waals surface area contributed by atoms with E-state index in [1.165, 1.54) is 22.3 Å². The summed E-state index contributed by atoms with van der Waals surface area (Å²) in [5.41, 5.74) is 8.25. The van der Waals surface area contributed by atoms with Gasteiger partial charge in [0.2, 0.25) is 5.91 Å². The van der Waals surface area contributed by atoms with Crippen LogP contribution < -0.4 is 5.32 Å². The molecular formula is C31H33N3OS. The maximum absolute atomic E-state index is 13.2. The average Bonchev–Trinajstić information content (AvgIpc) is 3.30. The van der Waals surface area contributed by atoms with Crippen LogP contribution in [0.1, 0.15) is 35.1 Å². The fraction of sp³-hybridized carbons (Fsp3) is 0.290. The van der Waals surface area contributed by atoms with Gasteiger partial charge in [-0.15, -0.1) is 0 Å². The number of thiazole rings is 1. The SMILES string of the molecule is Cc1ccc(-c2nc(NC(=O)C3CCN(Cc4ccccc4C)CC3)sc2-c2ccc(C)cc2)cc1. The van der Waals surface area contributed by atoms with Gasteiger partial charge in [-0.3, -0.25) is 9.69 Å². The first-order valence-electron chi connectivity index (χ1n) is 12.7. The molecule has 1 aromatic heterocycles. The third-order valence-corrected chi connectivity index (χ3v) is 8.13. The second-order valence-electron chi connectivity index (χ2n) is 9.89. The fourth-order valence-electron chi connectivity index (χ4n) is 4.77. The van der Waals surface area contributed by atoms with Gasteiger partial charge in [0.05, 0.1) is 10.6 Å². The van der Waals surface area contributed by atoms with Crippen LogP contribution in [0.25, 0.3) is 21.7 Å². The van der Waals surface area contributed by atoms with Crippen molar-refractivity contribution >= 4 is 22.4 Å². The lowest BCUT2D eigenvalue weighted by molar-refractivity contribution is -0.121. The first-order valence-corrected chi connectivity index (χ1v) is 13.5. The molecule has 0 spiro atoms. The molecule has 1 aliphatic heterocycles. The number of likely N-dealkylation sites (tertiary alicyclic amines) is 1. The molecule has 1 aliphatic rings. The Hall–Kier alpha value is -3.28. The number of carbonyl (C=O) groups excluding carboxylic acids is 1. The molecule has 0 saturated carbocycles. The number of carbonyl (C=O) groups is 1. The van der Waals surface area contributed by atoms with Crippen molar-refractivity contribution < 1.29 is 4.79 Å². The first-order chi connectivity index (χ1) is 17.5. The van der Waals surface area contributed by atoms with Gasteiger partial charge in [-0.05, 0) is 63.4 Å². The van der Waals surface area contributed by atoms with Gasteiger partial charge in [-0.1, -0.05) is 95.3 Å². The van der Waals surface area contributed by atoms with Crippen LogP contribution in [0.3, 0.4) is 0 Å². The monoisotopic (exact) mass is 495 g/mol. The van der Waals surface area contributed by atoms with Crippen LogP contribution in [0.2, 0.25) is 0 Å². The lowest BCUT2D eigenvalue weighted by atomic mass is 9.95. The third-order valence-electron chi connectivity index (χ3n) is 7.11. The van der Waals surface area contributed by atoms with Crippen LogP contribution in [0.4, 0.5) is 5.13 Å². The summed E-state index contributed by atoms with van der Waals surface area (Å²) >= 11 is 1.56. The Morgan fingerprint density at radius 2 is 1.50 bits per heavy atom. The van der Waals surface area contributed by atoms with Gasteiger partial charge in [-0.2, -0.15) is 0 Å². The van der Waals surface area contributed by atoms with Gasteiger partial charge < -0.3 is 5.32 Å². The quantitative estimate of drug-likeness (QED) is 0.306. The Morgan fingerprint density at radius 3 is 2.14 bits per heavy atom. The Balaban J connectivity index is 1.29. The maximum atomic E-state index is 13.2. The standard InChI is InChI=1S/C31H33N3OS/c1-21-8-12-24(13-9-21)28-29(25-14-10-22(2)11-15-25)36-31(32-28)33-30(35)26-16-18-34(19-17-26)20-27-7-5-4-6-23(27)3/h4-15,26H,16-20H2,1-3H3,(H,32,33,35). The molecule has 184 valence electrons. The molecule has 0 radical (unpaired) electrons. The van der Waals surface area contributed by atoms with Gasteiger partial charge in [-0.25, -0.2) is 4.98 Å². The van der Waals surface area contributed by atoms with E-state index in [1.807, 2.05) is 0 Å². The zero-order chi connectivity index (χ0) is 25.1. The highest BCUT2D eigenvalue weighted by molar-refractivity contribution is 7.19. The predicted octanol–water partition coefficient (Wildman–Crippen LogP) is 7.25. The predicted molar refractivity (Wildman–Crippen MR) is 150 cm³/mol.